The van der Waals surface area contributed by atoms with Gasteiger partial charge in [-0.15, -0.1) is 0 Å². The fourth-order valence-electron chi connectivity index (χ4n) is 4.47. The molecule has 2 aliphatic heterocycles. The highest BCUT2D eigenvalue weighted by molar-refractivity contribution is 6.02. The van der Waals surface area contributed by atoms with Gasteiger partial charge in [0.1, 0.15) is 11.6 Å². The molecule has 0 aliphatic carbocycles. The van der Waals surface area contributed by atoms with Crippen LogP contribution in [0.2, 0.25) is 0 Å². The summed E-state index contributed by atoms with van der Waals surface area (Å²) in [5.41, 5.74) is 2.69. The molecule has 30 heavy (non-hydrogen) atoms. The second-order valence-corrected chi connectivity index (χ2v) is 8.05. The van der Waals surface area contributed by atoms with Gasteiger partial charge in [0, 0.05) is 43.5 Å². The topological polar surface area (TPSA) is 35.9 Å². The summed E-state index contributed by atoms with van der Waals surface area (Å²) in [6, 6.07) is 12.4. The number of amides is 1. The van der Waals surface area contributed by atoms with Crippen molar-refractivity contribution in [3.63, 3.8) is 0 Å². The molecule has 0 bridgehead atoms. The predicted octanol–water partition coefficient (Wildman–Crippen LogP) is 4.74. The van der Waals surface area contributed by atoms with Crippen LogP contribution < -0.4 is 4.90 Å². The van der Waals surface area contributed by atoms with Gasteiger partial charge in [-0.3, -0.25) is 9.79 Å². The third-order valence-corrected chi connectivity index (χ3v) is 6.11. The van der Waals surface area contributed by atoms with Gasteiger partial charge in [-0.1, -0.05) is 25.1 Å². The molecule has 0 radical (unpaired) electrons. The van der Waals surface area contributed by atoms with Crippen molar-refractivity contribution in [1.29, 1.82) is 0 Å². The van der Waals surface area contributed by atoms with Crippen LogP contribution in [-0.2, 0) is 4.79 Å². The molecular weight excluding hydrogens is 384 g/mol. The Labute approximate surface area is 176 Å². The van der Waals surface area contributed by atoms with E-state index in [0.29, 0.717) is 18.6 Å². The van der Waals surface area contributed by atoms with Crippen LogP contribution in [0.3, 0.4) is 0 Å². The van der Waals surface area contributed by atoms with Gasteiger partial charge < -0.3 is 9.80 Å². The number of halogens is 2. The lowest BCUT2D eigenvalue weighted by Crippen LogP contribution is -2.53. The Hall–Kier alpha value is -2.76. The van der Waals surface area contributed by atoms with E-state index in [0.717, 1.165) is 37.3 Å². The fraction of sp³-hybridized carbons (Fsp3) is 0.417. The zero-order valence-corrected chi connectivity index (χ0v) is 17.4. The van der Waals surface area contributed by atoms with Crippen molar-refractivity contribution in [2.75, 3.05) is 24.5 Å². The van der Waals surface area contributed by atoms with E-state index in [1.165, 1.54) is 18.2 Å². The summed E-state index contributed by atoms with van der Waals surface area (Å²) in [6.07, 6.45) is 1.85. The summed E-state index contributed by atoms with van der Waals surface area (Å²) in [5, 5.41) is 0. The maximum Gasteiger partial charge on any atom is 0.222 e. The van der Waals surface area contributed by atoms with E-state index in [1.54, 1.807) is 0 Å². The summed E-state index contributed by atoms with van der Waals surface area (Å²) in [5.74, 6) is -0.906. The Morgan fingerprint density at radius 3 is 2.43 bits per heavy atom. The number of piperazine rings is 1. The van der Waals surface area contributed by atoms with Gasteiger partial charge in [-0.05, 0) is 49.6 Å². The minimum Gasteiger partial charge on any atom is -0.365 e. The number of rotatable bonds is 4. The van der Waals surface area contributed by atoms with Crippen LogP contribution in [0.4, 0.5) is 14.5 Å². The lowest BCUT2D eigenvalue weighted by atomic mass is 10.0. The Morgan fingerprint density at radius 1 is 1.10 bits per heavy atom. The summed E-state index contributed by atoms with van der Waals surface area (Å²) in [6.45, 7) is 6.32. The first-order valence-electron chi connectivity index (χ1n) is 10.6. The molecular formula is C24H27F2N3O. The number of hydrogen-bond acceptors (Lipinski definition) is 3. The molecule has 0 aromatic heterocycles. The molecule has 4 nitrogen and oxygen atoms in total. The van der Waals surface area contributed by atoms with Crippen LogP contribution in [0.1, 0.15) is 50.3 Å². The molecule has 2 aromatic rings. The van der Waals surface area contributed by atoms with Crippen LogP contribution in [0.5, 0.6) is 0 Å². The number of aliphatic imine (C=N–C) groups is 1. The van der Waals surface area contributed by atoms with Crippen molar-refractivity contribution < 1.29 is 13.6 Å². The lowest BCUT2D eigenvalue weighted by Gasteiger charge is -2.41. The number of nitrogens with zero attached hydrogens (tertiary/aromatic N) is 3. The summed E-state index contributed by atoms with van der Waals surface area (Å²) >= 11 is 0. The number of anilines is 1. The average Bonchev–Trinajstić information content (AvgIpc) is 3.23. The molecule has 0 N–H and O–H groups in total. The molecule has 1 fully saturated rings. The first-order chi connectivity index (χ1) is 14.5. The van der Waals surface area contributed by atoms with Gasteiger partial charge in [0.05, 0.1) is 11.6 Å². The molecule has 1 saturated heterocycles. The molecule has 6 heteroatoms. The maximum atomic E-state index is 14.1. The van der Waals surface area contributed by atoms with Crippen molar-refractivity contribution in [3.05, 3.63) is 65.2 Å². The number of carbonyl (C=O) groups excluding carboxylic acids is 1. The highest BCUT2D eigenvalue weighted by Gasteiger charge is 2.27. The SMILES string of the molecule is CCC(=O)N1CCN(c2ccc(C3CCC(c4c(F)cccc4F)=N3)cc2)C(C)C1. The van der Waals surface area contributed by atoms with Crippen molar-refractivity contribution in [1.82, 2.24) is 4.90 Å². The first-order valence-corrected chi connectivity index (χ1v) is 10.6. The molecule has 4 rings (SSSR count). The van der Waals surface area contributed by atoms with Crippen molar-refractivity contribution in [2.24, 2.45) is 4.99 Å². The van der Waals surface area contributed by atoms with Crippen LogP contribution in [0, 0.1) is 11.6 Å². The molecule has 0 spiro atoms. The Balaban J connectivity index is 1.47. The zero-order chi connectivity index (χ0) is 21.3. The second-order valence-electron chi connectivity index (χ2n) is 8.05. The summed E-state index contributed by atoms with van der Waals surface area (Å²) < 4.78 is 28.2. The Morgan fingerprint density at radius 2 is 1.80 bits per heavy atom. The molecule has 2 unspecified atom stereocenters. The Kier molecular flexibility index (Phi) is 5.84. The number of hydrogen-bond donors (Lipinski definition) is 0. The standard InChI is InChI=1S/C24H27F2N3O/c1-3-23(30)28-13-14-29(16(2)15-28)18-9-7-17(8-10-18)21-11-12-22(27-21)24-19(25)5-4-6-20(24)26/h4-10,16,21H,3,11-15H2,1-2H3. The predicted molar refractivity (Wildman–Crippen MR) is 115 cm³/mol. The Bertz CT molecular complexity index is 937. The smallest absolute Gasteiger partial charge is 0.222 e. The first kappa shape index (κ1) is 20.5. The minimum atomic E-state index is -0.556. The molecule has 2 heterocycles. The van der Waals surface area contributed by atoms with E-state index in [1.807, 2.05) is 11.8 Å². The van der Waals surface area contributed by atoms with Gasteiger partial charge in [-0.2, -0.15) is 0 Å². The van der Waals surface area contributed by atoms with Crippen LogP contribution in [0.25, 0.3) is 0 Å². The molecule has 1 amide bonds. The van der Waals surface area contributed by atoms with E-state index in [-0.39, 0.29) is 23.6 Å². The van der Waals surface area contributed by atoms with Gasteiger partial charge in [0.2, 0.25) is 5.91 Å². The van der Waals surface area contributed by atoms with E-state index < -0.39 is 11.6 Å². The average molecular weight is 411 g/mol. The summed E-state index contributed by atoms with van der Waals surface area (Å²) in [4.78, 5) is 20.8. The largest absolute Gasteiger partial charge is 0.365 e. The zero-order valence-electron chi connectivity index (χ0n) is 17.4. The van der Waals surface area contributed by atoms with Crippen molar-refractivity contribution in [3.8, 4) is 0 Å². The number of benzene rings is 2. The van der Waals surface area contributed by atoms with Crippen LogP contribution >= 0.6 is 0 Å². The monoisotopic (exact) mass is 411 g/mol. The summed E-state index contributed by atoms with van der Waals surface area (Å²) in [7, 11) is 0. The van der Waals surface area contributed by atoms with Gasteiger partial charge >= 0.3 is 0 Å². The molecule has 2 atom stereocenters. The molecule has 2 aliphatic rings. The van der Waals surface area contributed by atoms with Crippen LogP contribution in [0.15, 0.2) is 47.5 Å². The highest BCUT2D eigenvalue weighted by atomic mass is 19.1. The highest BCUT2D eigenvalue weighted by Crippen LogP contribution is 2.33. The normalized spacial score (nSPS) is 21.7. The lowest BCUT2D eigenvalue weighted by molar-refractivity contribution is -0.131. The second kappa shape index (κ2) is 8.54. The van der Waals surface area contributed by atoms with Crippen molar-refractivity contribution in [2.45, 2.75) is 45.2 Å². The van der Waals surface area contributed by atoms with Crippen LogP contribution in [-0.4, -0.2) is 42.2 Å². The van der Waals surface area contributed by atoms with E-state index in [4.69, 9.17) is 0 Å². The molecule has 158 valence electrons. The maximum absolute atomic E-state index is 14.1. The van der Waals surface area contributed by atoms with Crippen molar-refractivity contribution >= 4 is 17.3 Å². The van der Waals surface area contributed by atoms with E-state index >= 15 is 0 Å². The van der Waals surface area contributed by atoms with Gasteiger partial charge in [0.25, 0.3) is 0 Å². The van der Waals surface area contributed by atoms with E-state index in [9.17, 15) is 13.6 Å². The fourth-order valence-corrected chi connectivity index (χ4v) is 4.47. The van der Waals surface area contributed by atoms with E-state index in [2.05, 4.69) is 41.1 Å². The molecule has 2 aromatic carbocycles. The number of carbonyl (C=O) groups is 1. The third-order valence-electron chi connectivity index (χ3n) is 6.11. The van der Waals surface area contributed by atoms with Gasteiger partial charge in [-0.25, -0.2) is 8.78 Å². The third kappa shape index (κ3) is 3.95. The molecule has 0 saturated carbocycles. The van der Waals surface area contributed by atoms with Gasteiger partial charge in [0.15, 0.2) is 0 Å². The quantitative estimate of drug-likeness (QED) is 0.729. The minimum absolute atomic E-state index is 0.00458.